The maximum absolute atomic E-state index is 12.9. The number of fused-ring (bicyclic) bond motifs is 2. The zero-order valence-corrected chi connectivity index (χ0v) is 18.6. The van der Waals surface area contributed by atoms with Gasteiger partial charge in [0.1, 0.15) is 5.39 Å². The molecule has 4 rings (SSSR count). The molecule has 0 atom stereocenters. The number of benzene rings is 2. The summed E-state index contributed by atoms with van der Waals surface area (Å²) in [6.07, 6.45) is 1.99. The van der Waals surface area contributed by atoms with Crippen molar-refractivity contribution in [2.75, 3.05) is 6.61 Å². The second-order valence-electron chi connectivity index (χ2n) is 7.33. The molecule has 0 saturated carbocycles. The molecule has 0 unspecified atom stereocenters. The molecule has 0 aliphatic rings. The van der Waals surface area contributed by atoms with Gasteiger partial charge in [-0.1, -0.05) is 56.3 Å². The Labute approximate surface area is 181 Å². The van der Waals surface area contributed by atoms with Gasteiger partial charge in [-0.25, -0.2) is 4.79 Å². The Kier molecular flexibility index (Phi) is 7.07. The molecule has 4 aromatic rings. The number of rotatable bonds is 6. The smallest absolute Gasteiger partial charge is 0.332 e. The molecule has 7 heteroatoms. The highest BCUT2D eigenvalue weighted by Gasteiger charge is 2.20. The zero-order valence-electron chi connectivity index (χ0n) is 18.6. The molecule has 0 amide bonds. The van der Waals surface area contributed by atoms with Crippen molar-refractivity contribution >= 4 is 21.8 Å². The Morgan fingerprint density at radius 1 is 0.935 bits per heavy atom. The maximum atomic E-state index is 12.9. The fourth-order valence-electron chi connectivity index (χ4n) is 3.89. The van der Waals surface area contributed by atoms with Crippen molar-refractivity contribution in [1.82, 2.24) is 18.9 Å². The molecule has 2 heterocycles. The number of nitrogens with zero attached hydrogens (tertiary/aromatic N) is 4. The van der Waals surface area contributed by atoms with Crippen molar-refractivity contribution in [3.05, 3.63) is 74.6 Å². The largest absolute Gasteiger partial charge is 0.396 e. The van der Waals surface area contributed by atoms with Crippen LogP contribution in [0.3, 0.4) is 0 Å². The molecule has 2 aromatic heterocycles. The van der Waals surface area contributed by atoms with Gasteiger partial charge < -0.3 is 5.11 Å². The molecule has 0 radical (unpaired) electrons. The van der Waals surface area contributed by atoms with Crippen LogP contribution in [-0.2, 0) is 27.1 Å². The molecule has 0 aliphatic carbocycles. The van der Waals surface area contributed by atoms with E-state index in [0.717, 1.165) is 33.0 Å². The Bertz CT molecular complexity index is 1310. The van der Waals surface area contributed by atoms with Crippen molar-refractivity contribution in [2.45, 2.75) is 39.7 Å². The van der Waals surface area contributed by atoms with E-state index in [2.05, 4.69) is 29.4 Å². The highest BCUT2D eigenvalue weighted by Crippen LogP contribution is 2.22. The minimum Gasteiger partial charge on any atom is -0.396 e. The van der Waals surface area contributed by atoms with E-state index < -0.39 is 0 Å². The van der Waals surface area contributed by atoms with Crippen LogP contribution in [0.4, 0.5) is 0 Å². The molecule has 0 spiro atoms. The summed E-state index contributed by atoms with van der Waals surface area (Å²) >= 11 is 0. The van der Waals surface area contributed by atoms with E-state index in [1.165, 1.54) is 11.6 Å². The fraction of sp³-hybridized carbons (Fsp3) is 0.375. The zero-order chi connectivity index (χ0) is 22.5. The number of aryl methyl sites for hydroxylation is 2. The van der Waals surface area contributed by atoms with Crippen molar-refractivity contribution in [3.63, 3.8) is 0 Å². The first-order valence-corrected chi connectivity index (χ1v) is 10.8. The van der Waals surface area contributed by atoms with Gasteiger partial charge >= 0.3 is 5.69 Å². The van der Waals surface area contributed by atoms with Gasteiger partial charge in [0.25, 0.3) is 5.56 Å². The first-order chi connectivity index (χ1) is 15.0. The molecular formula is C24H30N4O3. The number of hydrogen-bond donors (Lipinski definition) is 1. The van der Waals surface area contributed by atoms with Crippen molar-refractivity contribution in [2.24, 2.45) is 14.1 Å². The van der Waals surface area contributed by atoms with Crippen LogP contribution >= 0.6 is 0 Å². The molecule has 31 heavy (non-hydrogen) atoms. The molecular weight excluding hydrogens is 392 g/mol. The summed E-state index contributed by atoms with van der Waals surface area (Å²) in [5, 5.41) is 16.6. The first kappa shape index (κ1) is 22.5. The van der Waals surface area contributed by atoms with Gasteiger partial charge in [-0.05, 0) is 35.6 Å². The predicted molar refractivity (Wildman–Crippen MR) is 125 cm³/mol. The Hall–Kier alpha value is -3.19. The molecule has 164 valence electrons. The number of aromatic nitrogens is 4. The van der Waals surface area contributed by atoms with Gasteiger partial charge in [0.2, 0.25) is 0 Å². The summed E-state index contributed by atoms with van der Waals surface area (Å²) in [6.45, 7) is 4.60. The van der Waals surface area contributed by atoms with Crippen molar-refractivity contribution < 1.29 is 5.11 Å². The third kappa shape index (κ3) is 4.18. The van der Waals surface area contributed by atoms with E-state index in [-0.39, 0.29) is 17.9 Å². The van der Waals surface area contributed by atoms with Gasteiger partial charge in [-0.2, -0.15) is 5.10 Å². The van der Waals surface area contributed by atoms with Crippen LogP contribution < -0.4 is 11.2 Å². The summed E-state index contributed by atoms with van der Waals surface area (Å²) in [5.74, 6) is 0. The van der Waals surface area contributed by atoms with Gasteiger partial charge in [0, 0.05) is 20.7 Å². The normalized spacial score (nSPS) is 11.0. The van der Waals surface area contributed by atoms with Crippen LogP contribution in [0.1, 0.15) is 37.9 Å². The minimum absolute atomic E-state index is 0.103. The number of hydrogen-bond acceptors (Lipinski definition) is 4. The third-order valence-corrected chi connectivity index (χ3v) is 5.47. The molecule has 1 N–H and O–H groups in total. The molecule has 0 bridgehead atoms. The van der Waals surface area contributed by atoms with Crippen molar-refractivity contribution in [1.29, 1.82) is 0 Å². The summed E-state index contributed by atoms with van der Waals surface area (Å²) in [5.41, 5.74) is 1.58. The average Bonchev–Trinajstić information content (AvgIpc) is 3.16. The summed E-state index contributed by atoms with van der Waals surface area (Å²) < 4.78 is 4.39. The predicted octanol–water partition coefficient (Wildman–Crippen LogP) is 2.98. The van der Waals surface area contributed by atoms with E-state index in [4.69, 9.17) is 0 Å². The van der Waals surface area contributed by atoms with Crippen LogP contribution in [0.15, 0.2) is 52.1 Å². The SMILES string of the molecule is CC.Cn1c(=O)c2c(CCCCO)n(Cc3cccc4ccccc34)nc2n(C)c1=O. The Morgan fingerprint density at radius 2 is 1.65 bits per heavy atom. The third-order valence-electron chi connectivity index (χ3n) is 5.47. The second-order valence-corrected chi connectivity index (χ2v) is 7.33. The summed E-state index contributed by atoms with van der Waals surface area (Å²) in [6, 6.07) is 14.3. The molecule has 0 fully saturated rings. The van der Waals surface area contributed by atoms with Gasteiger partial charge in [0.05, 0.1) is 12.2 Å². The van der Waals surface area contributed by atoms with Crippen LogP contribution in [0.2, 0.25) is 0 Å². The van der Waals surface area contributed by atoms with Crippen LogP contribution in [0.5, 0.6) is 0 Å². The first-order valence-electron chi connectivity index (χ1n) is 10.8. The summed E-state index contributed by atoms with van der Waals surface area (Å²) in [7, 11) is 3.13. The summed E-state index contributed by atoms with van der Waals surface area (Å²) in [4.78, 5) is 25.2. The van der Waals surface area contributed by atoms with E-state index >= 15 is 0 Å². The molecule has 2 aromatic carbocycles. The highest BCUT2D eigenvalue weighted by atomic mass is 16.3. The highest BCUT2D eigenvalue weighted by molar-refractivity contribution is 5.85. The van der Waals surface area contributed by atoms with E-state index in [1.807, 2.05) is 36.7 Å². The van der Waals surface area contributed by atoms with E-state index in [1.54, 1.807) is 7.05 Å². The quantitative estimate of drug-likeness (QED) is 0.484. The molecule has 7 nitrogen and oxygen atoms in total. The average molecular weight is 423 g/mol. The van der Waals surface area contributed by atoms with E-state index in [9.17, 15) is 14.7 Å². The van der Waals surface area contributed by atoms with Gasteiger partial charge in [0.15, 0.2) is 5.65 Å². The molecule has 0 saturated heterocycles. The molecule has 0 aliphatic heterocycles. The van der Waals surface area contributed by atoms with Crippen LogP contribution in [0, 0.1) is 0 Å². The Morgan fingerprint density at radius 3 is 2.39 bits per heavy atom. The monoisotopic (exact) mass is 422 g/mol. The van der Waals surface area contributed by atoms with Crippen LogP contribution in [0.25, 0.3) is 21.8 Å². The minimum atomic E-state index is -0.390. The van der Waals surface area contributed by atoms with Crippen LogP contribution in [-0.4, -0.2) is 30.6 Å². The van der Waals surface area contributed by atoms with Crippen molar-refractivity contribution in [3.8, 4) is 0 Å². The number of aliphatic hydroxyl groups is 1. The topological polar surface area (TPSA) is 82.1 Å². The number of aliphatic hydroxyl groups excluding tert-OH is 1. The maximum Gasteiger partial charge on any atom is 0.332 e. The van der Waals surface area contributed by atoms with Gasteiger partial charge in [-0.15, -0.1) is 0 Å². The standard InChI is InChI=1S/C22H24N4O3.C2H6/c1-24-20-19(21(28)25(2)22(24)29)18(12-5-6-13-27)26(23-20)14-16-10-7-9-15-8-3-4-11-17(15)16;1-2/h3-4,7-11,27H,5-6,12-14H2,1-2H3;1-2H3. The lowest BCUT2D eigenvalue weighted by Crippen LogP contribution is -2.37. The number of unbranched alkanes of at least 4 members (excludes halogenated alkanes) is 1. The lowest BCUT2D eigenvalue weighted by atomic mass is 10.0. The second kappa shape index (κ2) is 9.75. The Balaban J connectivity index is 0.00000132. The van der Waals surface area contributed by atoms with E-state index in [0.29, 0.717) is 30.4 Å². The lowest BCUT2D eigenvalue weighted by Gasteiger charge is -2.10. The fourth-order valence-corrected chi connectivity index (χ4v) is 3.89. The lowest BCUT2D eigenvalue weighted by molar-refractivity contribution is 0.284. The van der Waals surface area contributed by atoms with Gasteiger partial charge in [-0.3, -0.25) is 18.6 Å².